The van der Waals surface area contributed by atoms with E-state index in [9.17, 15) is 9.18 Å². The Bertz CT molecular complexity index is 972. The molecule has 188 valence electrons. The first kappa shape index (κ1) is 26.2. The molecule has 1 fully saturated rings. The first-order valence-corrected chi connectivity index (χ1v) is 12.6. The van der Waals surface area contributed by atoms with Gasteiger partial charge in [0.15, 0.2) is 0 Å². The molecule has 1 atom stereocenters. The fourth-order valence-corrected chi connectivity index (χ4v) is 4.56. The maximum atomic E-state index is 14.1. The lowest BCUT2D eigenvalue weighted by atomic mass is 9.91. The van der Waals surface area contributed by atoms with Crippen molar-refractivity contribution in [2.75, 3.05) is 37.6 Å². The van der Waals surface area contributed by atoms with Gasteiger partial charge in [-0.15, -0.1) is 0 Å². The smallest absolute Gasteiger partial charge is 0.223 e. The Labute approximate surface area is 204 Å². The number of aryl methyl sites for hydroxylation is 1. The molecule has 3 rings (SSSR count). The highest BCUT2D eigenvalue weighted by atomic mass is 19.1. The average molecular weight is 472 g/mol. The predicted octanol–water partition coefficient (Wildman–Crippen LogP) is 5.03. The van der Waals surface area contributed by atoms with Gasteiger partial charge in [0.2, 0.25) is 5.91 Å². The minimum Gasteiger partial charge on any atom is -0.354 e. The number of rotatable bonds is 8. The van der Waals surface area contributed by atoms with Crippen LogP contribution in [-0.4, -0.2) is 64.3 Å². The van der Waals surface area contributed by atoms with E-state index in [2.05, 4.69) is 51.3 Å². The first-order chi connectivity index (χ1) is 16.0. The average Bonchev–Trinajstić information content (AvgIpc) is 3.11. The maximum absolute atomic E-state index is 14.1. The summed E-state index contributed by atoms with van der Waals surface area (Å²) in [5.41, 5.74) is 2.56. The molecule has 2 aromatic rings. The van der Waals surface area contributed by atoms with Crippen LogP contribution in [0.1, 0.15) is 65.6 Å². The summed E-state index contributed by atoms with van der Waals surface area (Å²) in [7, 11) is 0. The number of hydrogen-bond acceptors (Lipinski definition) is 4. The highest BCUT2D eigenvalue weighted by Gasteiger charge is 2.30. The molecule has 0 N–H and O–H groups in total. The minimum absolute atomic E-state index is 0.0805. The van der Waals surface area contributed by atoms with Crippen LogP contribution >= 0.6 is 0 Å². The Morgan fingerprint density at radius 3 is 2.41 bits per heavy atom. The molecule has 1 aliphatic rings. The van der Waals surface area contributed by atoms with Gasteiger partial charge in [-0.25, -0.2) is 9.07 Å². The number of piperazine rings is 1. The van der Waals surface area contributed by atoms with Crippen LogP contribution in [0.5, 0.6) is 0 Å². The largest absolute Gasteiger partial charge is 0.354 e. The lowest BCUT2D eigenvalue weighted by Gasteiger charge is -2.37. The number of likely N-dealkylation sites (N-methyl/N-ethyl adjacent to an activating group) is 1. The molecule has 0 saturated carbocycles. The molecule has 6 nitrogen and oxygen atoms in total. The summed E-state index contributed by atoms with van der Waals surface area (Å²) in [5.74, 6) is 0.868. The van der Waals surface area contributed by atoms with E-state index >= 15 is 0 Å². The van der Waals surface area contributed by atoms with E-state index in [1.165, 1.54) is 12.1 Å². The molecule has 7 heteroatoms. The van der Waals surface area contributed by atoms with Crippen molar-refractivity contribution >= 4 is 11.7 Å². The number of carbonyl (C=O) groups is 1. The van der Waals surface area contributed by atoms with E-state index in [1.807, 2.05) is 22.6 Å². The molecule has 2 heterocycles. The summed E-state index contributed by atoms with van der Waals surface area (Å²) >= 11 is 0. The van der Waals surface area contributed by atoms with E-state index in [1.54, 1.807) is 6.07 Å². The number of hydrogen-bond donors (Lipinski definition) is 0. The van der Waals surface area contributed by atoms with Crippen LogP contribution in [-0.2, 0) is 11.3 Å². The molecule has 0 aliphatic carbocycles. The molecule has 0 spiro atoms. The second kappa shape index (κ2) is 10.9. The van der Waals surface area contributed by atoms with Crippen LogP contribution < -0.4 is 4.90 Å². The minimum atomic E-state index is -0.282. The van der Waals surface area contributed by atoms with Crippen molar-refractivity contribution in [2.45, 2.75) is 73.9 Å². The molecule has 1 saturated heterocycles. The number of halogens is 1. The molecule has 1 aliphatic heterocycles. The Hall–Kier alpha value is -2.41. The highest BCUT2D eigenvalue weighted by Crippen LogP contribution is 2.31. The van der Waals surface area contributed by atoms with Crippen molar-refractivity contribution in [3.05, 3.63) is 41.3 Å². The number of nitrogens with zero attached hydrogens (tertiary/aromatic N) is 5. The third-order valence-electron chi connectivity index (χ3n) is 6.78. The molecule has 34 heavy (non-hydrogen) atoms. The quantitative estimate of drug-likeness (QED) is 0.542. The summed E-state index contributed by atoms with van der Waals surface area (Å²) in [6.07, 6.45) is 1.39. The molecule has 1 aromatic heterocycles. The summed E-state index contributed by atoms with van der Waals surface area (Å²) in [4.78, 5) is 20.2. The molecule has 0 radical (unpaired) electrons. The second-order valence-electron chi connectivity index (χ2n) is 10.7. The van der Waals surface area contributed by atoms with Crippen LogP contribution in [0.3, 0.4) is 0 Å². The van der Waals surface area contributed by atoms with Crippen molar-refractivity contribution in [3.8, 4) is 5.69 Å². The Kier molecular flexibility index (Phi) is 8.39. The summed E-state index contributed by atoms with van der Waals surface area (Å²) < 4.78 is 16.0. The third kappa shape index (κ3) is 6.17. The summed E-state index contributed by atoms with van der Waals surface area (Å²) in [6.45, 7) is 20.0. The summed E-state index contributed by atoms with van der Waals surface area (Å²) in [5, 5.41) is 4.87. The Balaban J connectivity index is 2.05. The third-order valence-corrected chi connectivity index (χ3v) is 6.78. The van der Waals surface area contributed by atoms with Crippen LogP contribution in [0, 0.1) is 18.2 Å². The standard InChI is InChI=1S/C27H42FN5O/c1-8-20(3)32(25(34)18-27(5,6)7)19-24-21(4)29-33(23-12-10-11-22(28)17-23)26(24)31-15-13-30(9-2)14-16-31/h10-12,17,20H,8-9,13-16,18-19H2,1-7H3/t20-/m0/s1. The monoisotopic (exact) mass is 471 g/mol. The zero-order valence-electron chi connectivity index (χ0n) is 22.1. The maximum Gasteiger partial charge on any atom is 0.223 e. The van der Waals surface area contributed by atoms with Crippen molar-refractivity contribution in [1.29, 1.82) is 0 Å². The molecular weight excluding hydrogens is 429 g/mol. The number of anilines is 1. The van der Waals surface area contributed by atoms with Crippen molar-refractivity contribution < 1.29 is 9.18 Å². The van der Waals surface area contributed by atoms with Crippen LogP contribution in [0.25, 0.3) is 5.69 Å². The Morgan fingerprint density at radius 1 is 1.18 bits per heavy atom. The lowest BCUT2D eigenvalue weighted by molar-refractivity contribution is -0.135. The zero-order chi connectivity index (χ0) is 25.0. The summed E-state index contributed by atoms with van der Waals surface area (Å²) in [6, 6.07) is 6.72. The number of benzene rings is 1. The second-order valence-corrected chi connectivity index (χ2v) is 10.7. The van der Waals surface area contributed by atoms with Crippen molar-refractivity contribution in [1.82, 2.24) is 19.6 Å². The van der Waals surface area contributed by atoms with Gasteiger partial charge in [-0.2, -0.15) is 5.10 Å². The normalized spacial score (nSPS) is 16.1. The van der Waals surface area contributed by atoms with Gasteiger partial charge >= 0.3 is 0 Å². The van der Waals surface area contributed by atoms with Gasteiger partial charge in [0.25, 0.3) is 0 Å². The van der Waals surface area contributed by atoms with E-state index in [-0.39, 0.29) is 23.2 Å². The van der Waals surface area contributed by atoms with E-state index in [0.717, 1.165) is 56.2 Å². The number of carbonyl (C=O) groups excluding carboxylic acids is 1. The predicted molar refractivity (Wildman–Crippen MR) is 137 cm³/mol. The zero-order valence-corrected chi connectivity index (χ0v) is 22.1. The van der Waals surface area contributed by atoms with E-state index < -0.39 is 0 Å². The topological polar surface area (TPSA) is 44.6 Å². The van der Waals surface area contributed by atoms with Gasteiger partial charge in [0, 0.05) is 44.2 Å². The fraction of sp³-hybridized carbons (Fsp3) is 0.630. The van der Waals surface area contributed by atoms with Gasteiger partial charge in [-0.3, -0.25) is 4.79 Å². The van der Waals surface area contributed by atoms with Gasteiger partial charge in [-0.1, -0.05) is 40.7 Å². The van der Waals surface area contributed by atoms with Crippen LogP contribution in [0.15, 0.2) is 24.3 Å². The van der Waals surface area contributed by atoms with Crippen LogP contribution in [0.2, 0.25) is 0 Å². The van der Waals surface area contributed by atoms with Crippen molar-refractivity contribution in [2.24, 2.45) is 5.41 Å². The Morgan fingerprint density at radius 2 is 1.85 bits per heavy atom. The molecule has 1 aromatic carbocycles. The molecule has 1 amide bonds. The fourth-order valence-electron chi connectivity index (χ4n) is 4.56. The van der Waals surface area contributed by atoms with E-state index in [4.69, 9.17) is 5.10 Å². The van der Waals surface area contributed by atoms with Gasteiger partial charge in [0.05, 0.1) is 17.9 Å². The number of aromatic nitrogens is 2. The van der Waals surface area contributed by atoms with Gasteiger partial charge in [-0.05, 0) is 50.4 Å². The van der Waals surface area contributed by atoms with Gasteiger partial charge in [0.1, 0.15) is 11.6 Å². The SMILES string of the molecule is CC[C@H](C)N(Cc1c(C)nn(-c2cccc(F)c2)c1N1CCN(CC)CC1)C(=O)CC(C)(C)C. The van der Waals surface area contributed by atoms with Crippen LogP contribution in [0.4, 0.5) is 10.2 Å². The number of amides is 1. The lowest BCUT2D eigenvalue weighted by Crippen LogP contribution is -2.47. The van der Waals surface area contributed by atoms with E-state index in [0.29, 0.717) is 18.7 Å². The van der Waals surface area contributed by atoms with Crippen molar-refractivity contribution in [3.63, 3.8) is 0 Å². The first-order valence-electron chi connectivity index (χ1n) is 12.6. The van der Waals surface area contributed by atoms with Gasteiger partial charge < -0.3 is 14.7 Å². The molecule has 0 unspecified atom stereocenters. The molecular formula is C27H42FN5O. The highest BCUT2D eigenvalue weighted by molar-refractivity contribution is 5.77. The molecule has 0 bridgehead atoms.